The van der Waals surface area contributed by atoms with E-state index >= 15 is 0 Å². The van der Waals surface area contributed by atoms with E-state index in [0.29, 0.717) is 24.6 Å². The number of rotatable bonds is 12. The number of carbonyl (C=O) groups excluding carboxylic acids is 2. The van der Waals surface area contributed by atoms with Gasteiger partial charge in [0.15, 0.2) is 0 Å². The molecule has 192 valence electrons. The number of amides is 2. The van der Waals surface area contributed by atoms with E-state index < -0.39 is 28.5 Å². The van der Waals surface area contributed by atoms with Gasteiger partial charge in [-0.25, -0.2) is 8.42 Å². The van der Waals surface area contributed by atoms with E-state index in [2.05, 4.69) is 5.32 Å². The fraction of sp³-hybridized carbons (Fsp3) is 0.462. The second kappa shape index (κ2) is 12.6. The number of benzene rings is 2. The molecular weight excluding hydrogens is 466 g/mol. The van der Waals surface area contributed by atoms with Gasteiger partial charge in [-0.15, -0.1) is 0 Å². The summed E-state index contributed by atoms with van der Waals surface area (Å²) in [4.78, 5) is 27.8. The monoisotopic (exact) mass is 503 g/mol. The molecule has 2 amide bonds. The first-order chi connectivity index (χ1) is 16.4. The van der Waals surface area contributed by atoms with Crippen LogP contribution >= 0.6 is 0 Å². The third-order valence-corrected chi connectivity index (χ3v) is 6.58. The Morgan fingerprint density at radius 1 is 1.00 bits per heavy atom. The highest BCUT2D eigenvalue weighted by atomic mass is 32.2. The van der Waals surface area contributed by atoms with Crippen LogP contribution in [-0.2, 0) is 26.2 Å². The Kier molecular flexibility index (Phi) is 10.1. The second-order valence-electron chi connectivity index (χ2n) is 9.02. The van der Waals surface area contributed by atoms with Crippen molar-refractivity contribution in [3.8, 4) is 5.75 Å². The van der Waals surface area contributed by atoms with Gasteiger partial charge in [0.2, 0.25) is 21.8 Å². The number of ether oxygens (including phenoxy) is 1. The van der Waals surface area contributed by atoms with Gasteiger partial charge in [-0.1, -0.05) is 43.7 Å². The third-order valence-electron chi connectivity index (χ3n) is 5.44. The number of hydrogen-bond acceptors (Lipinski definition) is 5. The van der Waals surface area contributed by atoms with E-state index in [-0.39, 0.29) is 18.4 Å². The maximum atomic E-state index is 13.5. The van der Waals surface area contributed by atoms with Gasteiger partial charge in [-0.2, -0.15) is 0 Å². The zero-order chi connectivity index (χ0) is 26.2. The van der Waals surface area contributed by atoms with E-state index in [0.717, 1.165) is 21.7 Å². The SMILES string of the molecule is CCOc1ccc(N(CC(=O)N(Cc2ccc(C)cc2)C(C)C(=O)NCC(C)C)S(C)(=O)=O)cc1. The van der Waals surface area contributed by atoms with Gasteiger partial charge in [0.05, 0.1) is 18.6 Å². The molecule has 0 spiro atoms. The largest absolute Gasteiger partial charge is 0.494 e. The van der Waals surface area contributed by atoms with Crippen LogP contribution in [0.1, 0.15) is 38.8 Å². The van der Waals surface area contributed by atoms with Gasteiger partial charge in [-0.3, -0.25) is 13.9 Å². The molecule has 1 atom stereocenters. The first-order valence-corrected chi connectivity index (χ1v) is 13.6. The summed E-state index contributed by atoms with van der Waals surface area (Å²) in [5.41, 5.74) is 2.27. The van der Waals surface area contributed by atoms with Crippen LogP contribution in [0.3, 0.4) is 0 Å². The smallest absolute Gasteiger partial charge is 0.244 e. The average molecular weight is 504 g/mol. The van der Waals surface area contributed by atoms with Crippen molar-refractivity contribution < 1.29 is 22.7 Å². The quantitative estimate of drug-likeness (QED) is 0.479. The summed E-state index contributed by atoms with van der Waals surface area (Å²) in [7, 11) is -3.77. The molecule has 0 saturated carbocycles. The first-order valence-electron chi connectivity index (χ1n) is 11.8. The maximum Gasteiger partial charge on any atom is 0.244 e. The van der Waals surface area contributed by atoms with Gasteiger partial charge in [0.1, 0.15) is 18.3 Å². The highest BCUT2D eigenvalue weighted by Crippen LogP contribution is 2.22. The molecule has 8 nitrogen and oxygen atoms in total. The summed E-state index contributed by atoms with van der Waals surface area (Å²) in [5.74, 6) is 0.100. The van der Waals surface area contributed by atoms with Gasteiger partial charge in [0.25, 0.3) is 0 Å². The second-order valence-corrected chi connectivity index (χ2v) is 10.9. The van der Waals surface area contributed by atoms with Crippen molar-refractivity contribution in [1.82, 2.24) is 10.2 Å². The minimum absolute atomic E-state index is 0.177. The van der Waals surface area contributed by atoms with E-state index in [1.54, 1.807) is 31.2 Å². The van der Waals surface area contributed by atoms with Crippen molar-refractivity contribution in [3.05, 3.63) is 59.7 Å². The minimum atomic E-state index is -3.77. The van der Waals surface area contributed by atoms with Gasteiger partial charge in [0, 0.05) is 13.1 Å². The predicted octanol–water partition coefficient (Wildman–Crippen LogP) is 3.35. The van der Waals surface area contributed by atoms with Crippen LogP contribution in [0.4, 0.5) is 5.69 Å². The van der Waals surface area contributed by atoms with Crippen molar-refractivity contribution in [3.63, 3.8) is 0 Å². The van der Waals surface area contributed by atoms with Crippen LogP contribution in [0, 0.1) is 12.8 Å². The molecule has 2 aromatic carbocycles. The van der Waals surface area contributed by atoms with E-state index in [4.69, 9.17) is 4.74 Å². The topological polar surface area (TPSA) is 96.0 Å². The Hall–Kier alpha value is -3.07. The zero-order valence-corrected chi connectivity index (χ0v) is 22.3. The van der Waals surface area contributed by atoms with E-state index in [9.17, 15) is 18.0 Å². The highest BCUT2D eigenvalue weighted by Gasteiger charge is 2.30. The summed E-state index contributed by atoms with van der Waals surface area (Å²) >= 11 is 0. The molecule has 2 rings (SSSR count). The highest BCUT2D eigenvalue weighted by molar-refractivity contribution is 7.92. The summed E-state index contributed by atoms with van der Waals surface area (Å²) in [6.45, 7) is 10.2. The molecule has 35 heavy (non-hydrogen) atoms. The molecule has 1 unspecified atom stereocenters. The lowest BCUT2D eigenvalue weighted by Gasteiger charge is -2.31. The summed E-state index contributed by atoms with van der Waals surface area (Å²) in [6.07, 6.45) is 1.06. The molecule has 0 saturated heterocycles. The summed E-state index contributed by atoms with van der Waals surface area (Å²) < 4.78 is 31.7. The molecule has 2 aromatic rings. The molecule has 0 heterocycles. The van der Waals surface area contributed by atoms with Crippen LogP contribution in [-0.4, -0.2) is 57.1 Å². The minimum Gasteiger partial charge on any atom is -0.494 e. The number of nitrogens with zero attached hydrogens (tertiary/aromatic N) is 2. The van der Waals surface area contributed by atoms with Crippen LogP contribution < -0.4 is 14.4 Å². The van der Waals surface area contributed by atoms with Crippen molar-refractivity contribution in [2.45, 2.75) is 47.2 Å². The molecule has 0 aliphatic heterocycles. The number of sulfonamides is 1. The molecular formula is C26H37N3O5S. The van der Waals surface area contributed by atoms with Crippen LogP contribution in [0.2, 0.25) is 0 Å². The number of anilines is 1. The number of carbonyl (C=O) groups is 2. The molecule has 0 aromatic heterocycles. The van der Waals surface area contributed by atoms with Gasteiger partial charge < -0.3 is 15.0 Å². The lowest BCUT2D eigenvalue weighted by molar-refractivity contribution is -0.139. The Labute approximate surface area is 209 Å². The standard InChI is InChI=1S/C26H37N3O5S/c1-7-34-24-14-12-23(13-15-24)29(35(6,32)33)18-25(30)28(17-22-10-8-20(4)9-11-22)21(5)26(31)27-16-19(2)3/h8-15,19,21H,7,16-18H2,1-6H3,(H,27,31). The number of nitrogens with one attached hydrogen (secondary N) is 1. The normalized spacial score (nSPS) is 12.2. The van der Waals surface area contributed by atoms with E-state index in [1.807, 2.05) is 52.0 Å². The number of hydrogen-bond donors (Lipinski definition) is 1. The summed E-state index contributed by atoms with van der Waals surface area (Å²) in [5, 5.41) is 2.87. The fourth-order valence-corrected chi connectivity index (χ4v) is 4.26. The Bertz CT molecular complexity index is 1080. The van der Waals surface area contributed by atoms with Crippen molar-refractivity contribution >= 4 is 27.5 Å². The van der Waals surface area contributed by atoms with Crippen molar-refractivity contribution in [2.75, 3.05) is 30.3 Å². The van der Waals surface area contributed by atoms with Crippen molar-refractivity contribution in [1.29, 1.82) is 0 Å². The van der Waals surface area contributed by atoms with Crippen LogP contribution in [0.5, 0.6) is 5.75 Å². The molecule has 0 aliphatic rings. The molecule has 0 fully saturated rings. The average Bonchev–Trinajstić information content (AvgIpc) is 2.80. The van der Waals surface area contributed by atoms with E-state index in [1.165, 1.54) is 4.90 Å². The van der Waals surface area contributed by atoms with Crippen LogP contribution in [0.25, 0.3) is 0 Å². The lowest BCUT2D eigenvalue weighted by Crippen LogP contribution is -2.51. The Morgan fingerprint density at radius 2 is 1.60 bits per heavy atom. The summed E-state index contributed by atoms with van der Waals surface area (Å²) in [6, 6.07) is 13.4. The Morgan fingerprint density at radius 3 is 2.11 bits per heavy atom. The fourth-order valence-electron chi connectivity index (χ4n) is 3.41. The lowest BCUT2D eigenvalue weighted by atomic mass is 10.1. The van der Waals surface area contributed by atoms with Gasteiger partial charge >= 0.3 is 0 Å². The number of aryl methyl sites for hydroxylation is 1. The predicted molar refractivity (Wildman–Crippen MR) is 139 cm³/mol. The van der Waals surface area contributed by atoms with Crippen LogP contribution in [0.15, 0.2) is 48.5 Å². The molecule has 0 bridgehead atoms. The molecule has 9 heteroatoms. The van der Waals surface area contributed by atoms with Gasteiger partial charge in [-0.05, 0) is 56.5 Å². The molecule has 0 aliphatic carbocycles. The third kappa shape index (κ3) is 8.58. The molecule has 1 N–H and O–H groups in total. The molecule has 0 radical (unpaired) electrons. The van der Waals surface area contributed by atoms with Crippen molar-refractivity contribution in [2.24, 2.45) is 5.92 Å². The zero-order valence-electron chi connectivity index (χ0n) is 21.4. The maximum absolute atomic E-state index is 13.5. The first kappa shape index (κ1) is 28.2. The Balaban J connectivity index is 2.33.